The summed E-state index contributed by atoms with van der Waals surface area (Å²) in [5.74, 6) is -4.59. The summed E-state index contributed by atoms with van der Waals surface area (Å²) in [5, 5.41) is 0. The van der Waals surface area contributed by atoms with E-state index < -0.39 is 23.3 Å². The van der Waals surface area contributed by atoms with E-state index in [0.717, 1.165) is 18.2 Å². The highest BCUT2D eigenvalue weighted by molar-refractivity contribution is 5.62. The third kappa shape index (κ3) is 2.43. The topological polar surface area (TPSA) is 9.23 Å². The van der Waals surface area contributed by atoms with Crippen molar-refractivity contribution in [1.29, 1.82) is 0 Å². The van der Waals surface area contributed by atoms with Crippen LogP contribution in [0.25, 0.3) is 6.08 Å². The van der Waals surface area contributed by atoms with Crippen molar-refractivity contribution in [3.05, 3.63) is 35.4 Å². The van der Waals surface area contributed by atoms with E-state index in [4.69, 9.17) is 4.74 Å². The summed E-state index contributed by atoms with van der Waals surface area (Å²) in [6, 6.07) is 2.67. The van der Waals surface area contributed by atoms with Gasteiger partial charge in [0, 0.05) is 11.1 Å². The fourth-order valence-corrected chi connectivity index (χ4v) is 1.74. The van der Waals surface area contributed by atoms with Crippen LogP contribution in [-0.4, -0.2) is 11.8 Å². The van der Waals surface area contributed by atoms with Gasteiger partial charge in [-0.05, 0) is 38.1 Å². The Bertz CT molecular complexity index is 528. The summed E-state index contributed by atoms with van der Waals surface area (Å²) >= 11 is 0. The number of hydrogen-bond donors (Lipinski definition) is 0. The lowest BCUT2D eigenvalue weighted by molar-refractivity contribution is -0.289. The molecule has 1 heterocycles. The molecular weight excluding hydrogens is 267 g/mol. The molecule has 1 aromatic rings. The van der Waals surface area contributed by atoms with E-state index in [0.29, 0.717) is 0 Å². The van der Waals surface area contributed by atoms with E-state index >= 15 is 0 Å². The predicted octanol–water partition coefficient (Wildman–Crippen LogP) is 4.52. The van der Waals surface area contributed by atoms with Gasteiger partial charge in [-0.3, -0.25) is 0 Å². The first-order valence-electron chi connectivity index (χ1n) is 5.50. The van der Waals surface area contributed by atoms with E-state index in [1.807, 2.05) is 0 Å². The third-order valence-electron chi connectivity index (χ3n) is 2.77. The van der Waals surface area contributed by atoms with Crippen molar-refractivity contribution in [3.63, 3.8) is 0 Å². The molecule has 0 spiro atoms. The lowest BCUT2D eigenvalue weighted by Crippen LogP contribution is -2.34. The first-order valence-corrected chi connectivity index (χ1v) is 5.50. The molecule has 0 aromatic heterocycles. The quantitative estimate of drug-likeness (QED) is 0.686. The molecule has 0 radical (unpaired) electrons. The molecule has 1 aromatic carbocycles. The molecule has 0 atom stereocenters. The van der Waals surface area contributed by atoms with Gasteiger partial charge in [0.1, 0.15) is 11.4 Å². The van der Waals surface area contributed by atoms with Gasteiger partial charge in [-0.1, -0.05) is 6.08 Å². The summed E-state index contributed by atoms with van der Waals surface area (Å²) in [6.45, 7) is 3.51. The highest BCUT2D eigenvalue weighted by Crippen LogP contribution is 2.45. The summed E-state index contributed by atoms with van der Waals surface area (Å²) in [5.41, 5.74) is -1.49. The minimum Gasteiger partial charge on any atom is -0.483 e. The van der Waals surface area contributed by atoms with Gasteiger partial charge in [-0.2, -0.15) is 22.0 Å². The standard InChI is InChI=1S/C13H11F5O/c1-11(2)6-5-8-7-9(3-4-10(8)19-11)12(14,15)13(16,17)18/h3-7H,1-2H3. The van der Waals surface area contributed by atoms with Crippen molar-refractivity contribution in [3.8, 4) is 5.75 Å². The minimum atomic E-state index is -5.61. The Balaban J connectivity index is 2.44. The van der Waals surface area contributed by atoms with Gasteiger partial charge in [0.15, 0.2) is 0 Å². The number of benzene rings is 1. The summed E-state index contributed by atoms with van der Waals surface area (Å²) in [6.07, 6.45) is -2.53. The lowest BCUT2D eigenvalue weighted by Gasteiger charge is -2.28. The maximum Gasteiger partial charge on any atom is 0.458 e. The molecule has 2 rings (SSSR count). The molecule has 104 valence electrons. The SMILES string of the molecule is CC1(C)C=Cc2cc(C(F)(F)C(F)(F)F)ccc2O1. The molecule has 0 saturated heterocycles. The van der Waals surface area contributed by atoms with Gasteiger partial charge >= 0.3 is 12.1 Å². The molecule has 0 aliphatic carbocycles. The van der Waals surface area contributed by atoms with Crippen LogP contribution in [0.4, 0.5) is 22.0 Å². The summed E-state index contributed by atoms with van der Waals surface area (Å²) < 4.78 is 68.7. The molecule has 0 saturated carbocycles. The molecule has 0 fully saturated rings. The third-order valence-corrected chi connectivity index (χ3v) is 2.77. The molecule has 0 bridgehead atoms. The Kier molecular flexibility index (Phi) is 2.88. The van der Waals surface area contributed by atoms with Crippen molar-refractivity contribution in [1.82, 2.24) is 0 Å². The van der Waals surface area contributed by atoms with Crippen LogP contribution < -0.4 is 4.74 Å². The first kappa shape index (κ1) is 13.8. The number of fused-ring (bicyclic) bond motifs is 1. The highest BCUT2D eigenvalue weighted by atomic mass is 19.4. The van der Waals surface area contributed by atoms with E-state index in [-0.39, 0.29) is 11.3 Å². The van der Waals surface area contributed by atoms with E-state index in [2.05, 4.69) is 0 Å². The van der Waals surface area contributed by atoms with Crippen LogP contribution in [0.15, 0.2) is 24.3 Å². The minimum absolute atomic E-state index is 0.209. The highest BCUT2D eigenvalue weighted by Gasteiger charge is 2.58. The second-order valence-electron chi connectivity index (χ2n) is 4.86. The number of halogens is 5. The monoisotopic (exact) mass is 278 g/mol. The number of alkyl halides is 5. The molecule has 0 N–H and O–H groups in total. The molecule has 0 unspecified atom stereocenters. The van der Waals surface area contributed by atoms with Gasteiger partial charge in [0.2, 0.25) is 0 Å². The molecule has 1 aliphatic rings. The van der Waals surface area contributed by atoms with Crippen LogP contribution in [0.5, 0.6) is 5.75 Å². The van der Waals surface area contributed by atoms with Gasteiger partial charge in [-0.25, -0.2) is 0 Å². The normalized spacial score (nSPS) is 17.8. The van der Waals surface area contributed by atoms with Crippen LogP contribution in [0, 0.1) is 0 Å². The fraction of sp³-hybridized carbons (Fsp3) is 0.385. The maximum absolute atomic E-state index is 13.2. The molecule has 1 aliphatic heterocycles. The van der Waals surface area contributed by atoms with E-state index in [1.54, 1.807) is 19.9 Å². The van der Waals surface area contributed by atoms with Crippen LogP contribution >= 0.6 is 0 Å². The van der Waals surface area contributed by atoms with Crippen molar-refractivity contribution < 1.29 is 26.7 Å². The smallest absolute Gasteiger partial charge is 0.458 e. The van der Waals surface area contributed by atoms with Gasteiger partial charge in [0.05, 0.1) is 0 Å². The van der Waals surface area contributed by atoms with Crippen LogP contribution in [0.2, 0.25) is 0 Å². The maximum atomic E-state index is 13.2. The van der Waals surface area contributed by atoms with Gasteiger partial charge < -0.3 is 4.74 Å². The number of rotatable bonds is 1. The Morgan fingerprint density at radius 1 is 1.05 bits per heavy atom. The fourth-order valence-electron chi connectivity index (χ4n) is 1.74. The molecule has 6 heteroatoms. The van der Waals surface area contributed by atoms with Crippen LogP contribution in [-0.2, 0) is 5.92 Å². The summed E-state index contributed by atoms with van der Waals surface area (Å²) in [4.78, 5) is 0. The number of hydrogen-bond acceptors (Lipinski definition) is 1. The predicted molar refractivity (Wildman–Crippen MR) is 60.1 cm³/mol. The van der Waals surface area contributed by atoms with E-state index in [9.17, 15) is 22.0 Å². The Labute approximate surface area is 106 Å². The molecule has 1 nitrogen and oxygen atoms in total. The zero-order valence-corrected chi connectivity index (χ0v) is 10.2. The van der Waals surface area contributed by atoms with Gasteiger partial charge in [-0.15, -0.1) is 0 Å². The Morgan fingerprint density at radius 2 is 1.68 bits per heavy atom. The lowest BCUT2D eigenvalue weighted by atomic mass is 9.98. The molecule has 19 heavy (non-hydrogen) atoms. The number of ether oxygens (including phenoxy) is 1. The van der Waals surface area contributed by atoms with Crippen LogP contribution in [0.1, 0.15) is 25.0 Å². The Hall–Kier alpha value is -1.59. The van der Waals surface area contributed by atoms with Crippen LogP contribution in [0.3, 0.4) is 0 Å². The van der Waals surface area contributed by atoms with Crippen molar-refractivity contribution in [2.24, 2.45) is 0 Å². The second kappa shape index (κ2) is 3.95. The average Bonchev–Trinajstić information content (AvgIpc) is 2.25. The van der Waals surface area contributed by atoms with Crippen molar-refractivity contribution >= 4 is 6.08 Å². The van der Waals surface area contributed by atoms with Crippen molar-refractivity contribution in [2.45, 2.75) is 31.5 Å². The zero-order chi connectivity index (χ0) is 14.5. The average molecular weight is 278 g/mol. The first-order chi connectivity index (χ1) is 8.53. The zero-order valence-electron chi connectivity index (χ0n) is 10.2. The molecule has 0 amide bonds. The molecular formula is C13H11F5O. The Morgan fingerprint density at radius 3 is 2.26 bits per heavy atom. The second-order valence-corrected chi connectivity index (χ2v) is 4.86. The largest absolute Gasteiger partial charge is 0.483 e. The van der Waals surface area contributed by atoms with Gasteiger partial charge in [0.25, 0.3) is 0 Å². The van der Waals surface area contributed by atoms with Crippen molar-refractivity contribution in [2.75, 3.05) is 0 Å². The van der Waals surface area contributed by atoms with E-state index in [1.165, 1.54) is 6.08 Å². The summed E-state index contributed by atoms with van der Waals surface area (Å²) in [7, 11) is 0.